The molecule has 0 fully saturated rings. The number of anilines is 1. The maximum atomic E-state index is 8.80. The van der Waals surface area contributed by atoms with Crippen LogP contribution in [0, 0.1) is 6.92 Å². The number of nitrogen functional groups attached to an aromatic ring is 1. The van der Waals surface area contributed by atoms with Crippen LogP contribution in [0.15, 0.2) is 12.3 Å². The lowest BCUT2D eigenvalue weighted by Crippen LogP contribution is -2.16. The number of nitrogens with two attached hydrogens (primary N) is 2. The standard InChI is InChI=1S/C8H13N3O/c1-5-2-8(10)11-3-6(5)7(9)4-12/h2-3,7,12H,4,9H2,1H3,(H2,10,11)/t7-/m1/s1. The Morgan fingerprint density at radius 3 is 2.83 bits per heavy atom. The largest absolute Gasteiger partial charge is 0.394 e. The van der Waals surface area contributed by atoms with E-state index in [2.05, 4.69) is 4.98 Å². The molecular formula is C8H13N3O. The third-order valence-corrected chi connectivity index (χ3v) is 1.77. The molecular weight excluding hydrogens is 154 g/mol. The number of hydrogen-bond acceptors (Lipinski definition) is 4. The van der Waals surface area contributed by atoms with E-state index >= 15 is 0 Å². The molecule has 0 amide bonds. The molecule has 0 aliphatic rings. The van der Waals surface area contributed by atoms with Gasteiger partial charge in [0.2, 0.25) is 0 Å². The number of aliphatic hydroxyl groups excluding tert-OH is 1. The third kappa shape index (κ3) is 1.72. The van der Waals surface area contributed by atoms with Crippen molar-refractivity contribution in [3.63, 3.8) is 0 Å². The van der Waals surface area contributed by atoms with Crippen molar-refractivity contribution in [2.24, 2.45) is 5.73 Å². The van der Waals surface area contributed by atoms with Crippen molar-refractivity contribution in [1.29, 1.82) is 0 Å². The van der Waals surface area contributed by atoms with Gasteiger partial charge < -0.3 is 16.6 Å². The number of pyridine rings is 1. The van der Waals surface area contributed by atoms with Crippen molar-refractivity contribution in [3.05, 3.63) is 23.4 Å². The molecule has 1 heterocycles. The lowest BCUT2D eigenvalue weighted by molar-refractivity contribution is 0.267. The highest BCUT2D eigenvalue weighted by molar-refractivity contribution is 5.37. The summed E-state index contributed by atoms with van der Waals surface area (Å²) in [6.45, 7) is 1.81. The molecule has 0 saturated carbocycles. The number of aromatic nitrogens is 1. The molecule has 4 heteroatoms. The Labute approximate surface area is 71.2 Å². The van der Waals surface area contributed by atoms with Crippen LogP contribution < -0.4 is 11.5 Å². The van der Waals surface area contributed by atoms with E-state index in [0.717, 1.165) is 11.1 Å². The van der Waals surface area contributed by atoms with E-state index in [4.69, 9.17) is 16.6 Å². The molecule has 0 saturated heterocycles. The zero-order chi connectivity index (χ0) is 9.14. The summed E-state index contributed by atoms with van der Waals surface area (Å²) in [5, 5.41) is 8.80. The minimum Gasteiger partial charge on any atom is -0.394 e. The average molecular weight is 167 g/mol. The molecule has 5 N–H and O–H groups in total. The number of hydrogen-bond donors (Lipinski definition) is 3. The molecule has 0 aliphatic carbocycles. The molecule has 0 aromatic carbocycles. The van der Waals surface area contributed by atoms with Crippen LogP contribution in [0.4, 0.5) is 5.82 Å². The summed E-state index contributed by atoms with van der Waals surface area (Å²) in [5.41, 5.74) is 12.9. The fraction of sp³-hybridized carbons (Fsp3) is 0.375. The Morgan fingerprint density at radius 1 is 1.67 bits per heavy atom. The van der Waals surface area contributed by atoms with Gasteiger partial charge in [0.05, 0.1) is 12.6 Å². The van der Waals surface area contributed by atoms with Crippen molar-refractivity contribution >= 4 is 5.82 Å². The summed E-state index contributed by atoms with van der Waals surface area (Å²) in [7, 11) is 0. The van der Waals surface area contributed by atoms with E-state index in [0.29, 0.717) is 5.82 Å². The molecule has 1 rings (SSSR count). The minimum absolute atomic E-state index is 0.0769. The van der Waals surface area contributed by atoms with Crippen LogP contribution in [0.25, 0.3) is 0 Å². The Bertz CT molecular complexity index is 275. The predicted octanol–water partition coefficient (Wildman–Crippen LogP) is -0.0357. The first-order valence-electron chi connectivity index (χ1n) is 3.73. The Hall–Kier alpha value is -1.13. The van der Waals surface area contributed by atoms with Gasteiger partial charge in [-0.1, -0.05) is 0 Å². The van der Waals surface area contributed by atoms with Crippen LogP contribution in [-0.2, 0) is 0 Å². The molecule has 4 nitrogen and oxygen atoms in total. The fourth-order valence-electron chi connectivity index (χ4n) is 1.07. The first-order valence-corrected chi connectivity index (χ1v) is 3.73. The van der Waals surface area contributed by atoms with Gasteiger partial charge in [-0.25, -0.2) is 4.98 Å². The Balaban J connectivity index is 3.01. The van der Waals surface area contributed by atoms with Gasteiger partial charge in [-0.15, -0.1) is 0 Å². The van der Waals surface area contributed by atoms with Crippen LogP contribution in [0.2, 0.25) is 0 Å². The van der Waals surface area contributed by atoms with Crippen molar-refractivity contribution in [2.75, 3.05) is 12.3 Å². The molecule has 1 aromatic heterocycles. The quantitative estimate of drug-likeness (QED) is 0.577. The molecule has 66 valence electrons. The first-order chi connectivity index (χ1) is 5.65. The maximum absolute atomic E-state index is 8.80. The SMILES string of the molecule is Cc1cc(N)ncc1[C@H](N)CO. The van der Waals surface area contributed by atoms with Crippen LogP contribution >= 0.6 is 0 Å². The van der Waals surface area contributed by atoms with Gasteiger partial charge in [-0.05, 0) is 24.1 Å². The van der Waals surface area contributed by atoms with Crippen molar-refractivity contribution in [2.45, 2.75) is 13.0 Å². The second-order valence-corrected chi connectivity index (χ2v) is 2.75. The lowest BCUT2D eigenvalue weighted by Gasteiger charge is -2.11. The topological polar surface area (TPSA) is 85.2 Å². The van der Waals surface area contributed by atoms with Gasteiger partial charge >= 0.3 is 0 Å². The fourth-order valence-corrected chi connectivity index (χ4v) is 1.07. The van der Waals surface area contributed by atoms with Gasteiger partial charge in [-0.2, -0.15) is 0 Å². The predicted molar refractivity (Wildman–Crippen MR) is 47.4 cm³/mol. The number of aliphatic hydroxyl groups is 1. The van der Waals surface area contributed by atoms with E-state index < -0.39 is 0 Å². The Kier molecular flexibility index (Phi) is 2.62. The van der Waals surface area contributed by atoms with Crippen molar-refractivity contribution in [1.82, 2.24) is 4.98 Å². The number of aryl methyl sites for hydroxylation is 1. The van der Waals surface area contributed by atoms with E-state index in [1.807, 2.05) is 6.92 Å². The van der Waals surface area contributed by atoms with Crippen LogP contribution in [0.5, 0.6) is 0 Å². The van der Waals surface area contributed by atoms with Gasteiger partial charge in [-0.3, -0.25) is 0 Å². The molecule has 0 aliphatic heterocycles. The van der Waals surface area contributed by atoms with Crippen LogP contribution in [-0.4, -0.2) is 16.7 Å². The Morgan fingerprint density at radius 2 is 2.33 bits per heavy atom. The third-order valence-electron chi connectivity index (χ3n) is 1.77. The van der Waals surface area contributed by atoms with E-state index in [9.17, 15) is 0 Å². The van der Waals surface area contributed by atoms with Crippen LogP contribution in [0.1, 0.15) is 17.2 Å². The second-order valence-electron chi connectivity index (χ2n) is 2.75. The molecule has 12 heavy (non-hydrogen) atoms. The highest BCUT2D eigenvalue weighted by Gasteiger charge is 2.07. The van der Waals surface area contributed by atoms with Crippen molar-refractivity contribution in [3.8, 4) is 0 Å². The van der Waals surface area contributed by atoms with Gasteiger partial charge in [0.25, 0.3) is 0 Å². The van der Waals surface area contributed by atoms with Gasteiger partial charge in [0.15, 0.2) is 0 Å². The molecule has 0 spiro atoms. The van der Waals surface area contributed by atoms with Crippen molar-refractivity contribution < 1.29 is 5.11 Å². The van der Waals surface area contributed by atoms with E-state index in [1.54, 1.807) is 12.3 Å². The summed E-state index contributed by atoms with van der Waals surface area (Å²) in [6.07, 6.45) is 1.60. The summed E-state index contributed by atoms with van der Waals surface area (Å²) >= 11 is 0. The number of nitrogens with zero attached hydrogens (tertiary/aromatic N) is 1. The highest BCUT2D eigenvalue weighted by atomic mass is 16.3. The average Bonchev–Trinajstić information content (AvgIpc) is 2.03. The maximum Gasteiger partial charge on any atom is 0.123 e. The smallest absolute Gasteiger partial charge is 0.123 e. The molecule has 1 aromatic rings. The minimum atomic E-state index is -0.363. The van der Waals surface area contributed by atoms with Gasteiger partial charge in [0.1, 0.15) is 5.82 Å². The molecule has 0 unspecified atom stereocenters. The summed E-state index contributed by atoms with van der Waals surface area (Å²) in [4.78, 5) is 3.90. The summed E-state index contributed by atoms with van der Waals surface area (Å²) in [5.74, 6) is 0.474. The van der Waals surface area contributed by atoms with E-state index in [-0.39, 0.29) is 12.6 Å². The van der Waals surface area contributed by atoms with Gasteiger partial charge in [0, 0.05) is 6.20 Å². The first kappa shape index (κ1) is 8.96. The summed E-state index contributed by atoms with van der Waals surface area (Å²) < 4.78 is 0. The number of rotatable bonds is 2. The zero-order valence-electron chi connectivity index (χ0n) is 6.99. The monoisotopic (exact) mass is 167 g/mol. The highest BCUT2D eigenvalue weighted by Crippen LogP contribution is 2.15. The molecule has 1 atom stereocenters. The second kappa shape index (κ2) is 3.51. The van der Waals surface area contributed by atoms with E-state index in [1.165, 1.54) is 0 Å². The normalized spacial score (nSPS) is 12.9. The zero-order valence-corrected chi connectivity index (χ0v) is 6.99. The lowest BCUT2D eigenvalue weighted by atomic mass is 10.1. The van der Waals surface area contributed by atoms with Crippen LogP contribution in [0.3, 0.4) is 0 Å². The summed E-state index contributed by atoms with van der Waals surface area (Å²) in [6, 6.07) is 1.38. The molecule has 0 radical (unpaired) electrons. The molecule has 0 bridgehead atoms.